The fourth-order valence-electron chi connectivity index (χ4n) is 1.93. The fourth-order valence-corrected chi connectivity index (χ4v) is 2.63. The normalized spacial score (nSPS) is 11.1. The topological polar surface area (TPSA) is 54.7 Å². The number of hydrogen-bond donors (Lipinski definition) is 2. The van der Waals surface area contributed by atoms with Crippen LogP contribution in [0.3, 0.4) is 0 Å². The van der Waals surface area contributed by atoms with Gasteiger partial charge in [0.2, 0.25) is 0 Å². The minimum absolute atomic E-state index is 0.337. The van der Waals surface area contributed by atoms with E-state index in [9.17, 15) is 4.39 Å². The Bertz CT molecular complexity index is 765. The summed E-state index contributed by atoms with van der Waals surface area (Å²) in [5, 5.41) is 0.528. The first-order chi connectivity index (χ1) is 9.02. The lowest BCUT2D eigenvalue weighted by Gasteiger charge is -1.98. The Hall–Kier alpha value is -1.59. The highest BCUT2D eigenvalue weighted by molar-refractivity contribution is 9.10. The quantitative estimate of drug-likeness (QED) is 0.646. The lowest BCUT2D eigenvalue weighted by molar-refractivity contribution is 0.627. The molecule has 0 atom stereocenters. The van der Waals surface area contributed by atoms with E-state index in [1.807, 2.05) is 0 Å². The van der Waals surface area contributed by atoms with Gasteiger partial charge in [-0.15, -0.1) is 0 Å². The van der Waals surface area contributed by atoms with Gasteiger partial charge in [-0.2, -0.15) is 0 Å². The number of aromatic amines is 1. The van der Waals surface area contributed by atoms with Crippen LogP contribution in [0.25, 0.3) is 22.4 Å². The van der Waals surface area contributed by atoms with Crippen molar-refractivity contribution in [1.82, 2.24) is 9.97 Å². The van der Waals surface area contributed by atoms with Gasteiger partial charge in [0.15, 0.2) is 0 Å². The Balaban J connectivity index is 2.23. The van der Waals surface area contributed by atoms with Gasteiger partial charge in [0.05, 0.1) is 11.2 Å². The van der Waals surface area contributed by atoms with Crippen LogP contribution in [-0.2, 0) is 0 Å². The van der Waals surface area contributed by atoms with Gasteiger partial charge >= 0.3 is 0 Å². The highest BCUT2D eigenvalue weighted by Crippen LogP contribution is 2.29. The molecular formula is C13H8BrClFN3. The van der Waals surface area contributed by atoms with Gasteiger partial charge in [0.25, 0.3) is 0 Å². The second-order valence-corrected chi connectivity index (χ2v) is 5.49. The summed E-state index contributed by atoms with van der Waals surface area (Å²) in [6.07, 6.45) is 0. The van der Waals surface area contributed by atoms with Crippen molar-refractivity contribution in [2.75, 3.05) is 5.73 Å². The molecule has 2 aromatic carbocycles. The average molecular weight is 341 g/mol. The number of imidazole rings is 1. The van der Waals surface area contributed by atoms with Crippen molar-refractivity contribution >= 4 is 44.3 Å². The summed E-state index contributed by atoms with van der Waals surface area (Å²) in [7, 11) is 0. The monoisotopic (exact) mass is 339 g/mol. The van der Waals surface area contributed by atoms with Crippen LogP contribution in [0.1, 0.15) is 0 Å². The molecule has 1 aromatic heterocycles. The molecule has 0 fully saturated rings. The number of nitrogens with two attached hydrogens (primary N) is 1. The molecule has 0 unspecified atom stereocenters. The maximum absolute atomic E-state index is 13.4. The number of hydrogen-bond acceptors (Lipinski definition) is 2. The predicted octanol–water partition coefficient (Wildman–Crippen LogP) is 4.37. The van der Waals surface area contributed by atoms with Gasteiger partial charge in [-0.1, -0.05) is 27.5 Å². The van der Waals surface area contributed by atoms with Crippen LogP contribution < -0.4 is 5.73 Å². The van der Waals surface area contributed by atoms with Crippen molar-refractivity contribution in [3.05, 3.63) is 45.6 Å². The summed E-state index contributed by atoms with van der Waals surface area (Å²) < 4.78 is 14.0. The number of fused-ring (bicyclic) bond motifs is 1. The molecule has 0 saturated heterocycles. The molecule has 3 nitrogen and oxygen atoms in total. The second-order valence-electron chi connectivity index (χ2n) is 4.13. The van der Waals surface area contributed by atoms with Crippen molar-refractivity contribution in [2.24, 2.45) is 0 Å². The predicted molar refractivity (Wildman–Crippen MR) is 78.6 cm³/mol. The molecule has 0 spiro atoms. The highest BCUT2D eigenvalue weighted by Gasteiger charge is 2.10. The molecule has 3 rings (SSSR count). The second kappa shape index (κ2) is 4.51. The molecule has 0 saturated carbocycles. The number of aromatic nitrogens is 2. The minimum atomic E-state index is -0.337. The summed E-state index contributed by atoms with van der Waals surface area (Å²) in [6, 6.07) is 7.93. The molecule has 0 bridgehead atoms. The van der Waals surface area contributed by atoms with E-state index in [0.29, 0.717) is 32.1 Å². The molecule has 6 heteroatoms. The van der Waals surface area contributed by atoms with E-state index in [1.165, 1.54) is 12.1 Å². The zero-order chi connectivity index (χ0) is 13.6. The smallest absolute Gasteiger partial charge is 0.138 e. The van der Waals surface area contributed by atoms with E-state index in [0.717, 1.165) is 5.52 Å². The number of anilines is 1. The summed E-state index contributed by atoms with van der Waals surface area (Å²) >= 11 is 9.19. The number of halogens is 3. The molecule has 0 radical (unpaired) electrons. The van der Waals surface area contributed by atoms with Crippen LogP contribution in [-0.4, -0.2) is 9.97 Å². The van der Waals surface area contributed by atoms with E-state index in [-0.39, 0.29) is 5.82 Å². The van der Waals surface area contributed by atoms with E-state index >= 15 is 0 Å². The number of rotatable bonds is 1. The number of nitrogens with zero attached hydrogens (tertiary/aromatic N) is 1. The van der Waals surface area contributed by atoms with E-state index in [4.69, 9.17) is 17.3 Å². The van der Waals surface area contributed by atoms with Gasteiger partial charge in [-0.3, -0.25) is 0 Å². The Kier molecular flexibility index (Phi) is 2.95. The van der Waals surface area contributed by atoms with Gasteiger partial charge in [-0.05, 0) is 30.3 Å². The van der Waals surface area contributed by atoms with Gasteiger partial charge in [-0.25, -0.2) is 9.37 Å². The first-order valence-electron chi connectivity index (χ1n) is 5.44. The maximum Gasteiger partial charge on any atom is 0.138 e. The van der Waals surface area contributed by atoms with Gasteiger partial charge < -0.3 is 10.7 Å². The molecule has 0 aliphatic carbocycles. The third kappa shape index (κ3) is 2.31. The molecule has 3 aromatic rings. The number of H-pyrrole nitrogens is 1. The van der Waals surface area contributed by atoms with Crippen molar-refractivity contribution < 1.29 is 4.39 Å². The molecule has 96 valence electrons. The lowest BCUT2D eigenvalue weighted by Crippen LogP contribution is -1.86. The van der Waals surface area contributed by atoms with Gasteiger partial charge in [0, 0.05) is 15.1 Å². The molecule has 19 heavy (non-hydrogen) atoms. The first-order valence-corrected chi connectivity index (χ1v) is 6.61. The lowest BCUT2D eigenvalue weighted by atomic mass is 10.2. The molecule has 1 heterocycles. The summed E-state index contributed by atoms with van der Waals surface area (Å²) in [5.74, 6) is 0.208. The number of nitrogens with one attached hydrogen (secondary N) is 1. The maximum atomic E-state index is 13.4. The Morgan fingerprint density at radius 1 is 1.21 bits per heavy atom. The number of nitrogen functional groups attached to an aromatic ring is 1. The SMILES string of the molecule is Nc1cc(Cl)cc2[nH]c(-c3cc(F)cc(Br)c3)nc12. The van der Waals surface area contributed by atoms with Crippen LogP contribution >= 0.6 is 27.5 Å². The molecule has 0 amide bonds. The van der Waals surface area contributed by atoms with Crippen LogP contribution in [0.15, 0.2) is 34.8 Å². The molecule has 0 aliphatic heterocycles. The average Bonchev–Trinajstić information content (AvgIpc) is 2.71. The Morgan fingerprint density at radius 2 is 2.00 bits per heavy atom. The third-order valence-corrected chi connectivity index (χ3v) is 3.39. The fraction of sp³-hybridized carbons (Fsp3) is 0. The zero-order valence-corrected chi connectivity index (χ0v) is 11.9. The summed E-state index contributed by atoms with van der Waals surface area (Å²) in [5.41, 5.74) is 8.33. The molecule has 3 N–H and O–H groups in total. The standard InChI is InChI=1S/C13H8BrClFN3/c14-7-1-6(2-9(16)3-7)13-18-11-5-8(15)4-10(17)12(11)19-13/h1-5H,17H2,(H,18,19). The molecule has 0 aliphatic rings. The minimum Gasteiger partial charge on any atom is -0.397 e. The van der Waals surface area contributed by atoms with Crippen LogP contribution in [0, 0.1) is 5.82 Å². The zero-order valence-electron chi connectivity index (χ0n) is 9.55. The Morgan fingerprint density at radius 3 is 2.74 bits per heavy atom. The van der Waals surface area contributed by atoms with Crippen LogP contribution in [0.4, 0.5) is 10.1 Å². The van der Waals surface area contributed by atoms with E-state index in [1.54, 1.807) is 18.2 Å². The largest absolute Gasteiger partial charge is 0.397 e. The van der Waals surface area contributed by atoms with Crippen LogP contribution in [0.2, 0.25) is 5.02 Å². The van der Waals surface area contributed by atoms with Crippen molar-refractivity contribution in [2.45, 2.75) is 0 Å². The molecular weight excluding hydrogens is 333 g/mol. The summed E-state index contributed by atoms with van der Waals surface area (Å²) in [6.45, 7) is 0. The van der Waals surface area contributed by atoms with Gasteiger partial charge in [0.1, 0.15) is 17.2 Å². The van der Waals surface area contributed by atoms with Crippen molar-refractivity contribution in [3.8, 4) is 11.4 Å². The third-order valence-electron chi connectivity index (χ3n) is 2.72. The van der Waals surface area contributed by atoms with Crippen LogP contribution in [0.5, 0.6) is 0 Å². The van der Waals surface area contributed by atoms with E-state index < -0.39 is 0 Å². The van der Waals surface area contributed by atoms with Crippen molar-refractivity contribution in [3.63, 3.8) is 0 Å². The highest BCUT2D eigenvalue weighted by atomic mass is 79.9. The first kappa shape index (κ1) is 12.4. The van der Waals surface area contributed by atoms with E-state index in [2.05, 4.69) is 25.9 Å². The van der Waals surface area contributed by atoms with Crippen molar-refractivity contribution in [1.29, 1.82) is 0 Å². The number of benzene rings is 2. The Labute approximate surface area is 121 Å². The summed E-state index contributed by atoms with van der Waals surface area (Å²) in [4.78, 5) is 7.46.